The molecule has 5 aliphatic rings. The fourth-order valence-corrected chi connectivity index (χ4v) is 14.0. The van der Waals surface area contributed by atoms with E-state index in [1.807, 2.05) is 12.1 Å². The first kappa shape index (κ1) is 77.4. The topological polar surface area (TPSA) is 422 Å². The third-order valence-electron chi connectivity index (χ3n) is 18.9. The van der Waals surface area contributed by atoms with Crippen molar-refractivity contribution in [2.75, 3.05) is 77.6 Å². The van der Waals surface area contributed by atoms with Crippen LogP contribution >= 0.6 is 36.2 Å². The smallest absolute Gasteiger partial charge is 0.251 e. The van der Waals surface area contributed by atoms with E-state index in [2.05, 4.69) is 71.0 Å². The van der Waals surface area contributed by atoms with E-state index in [9.17, 15) is 79.5 Å². The van der Waals surface area contributed by atoms with Gasteiger partial charge in [0.25, 0.3) is 5.91 Å². The molecule has 5 heterocycles. The lowest BCUT2D eigenvalue weighted by molar-refractivity contribution is -0.147. The summed E-state index contributed by atoms with van der Waals surface area (Å²) in [5, 5.41) is 124. The van der Waals surface area contributed by atoms with Crippen molar-refractivity contribution in [3.63, 3.8) is 0 Å². The lowest BCUT2D eigenvalue weighted by atomic mass is 9.86. The zero-order valence-corrected chi connectivity index (χ0v) is 57.0. The number of piperazine rings is 1. The minimum absolute atomic E-state index is 0. The summed E-state index contributed by atoms with van der Waals surface area (Å²) in [4.78, 5) is 109. The number of benzene rings is 3. The fraction of sp³-hybridized carbons (Fsp3) is 0.585. The maximum atomic E-state index is 15.0. The molecule has 13 atom stereocenters. The Morgan fingerprint density at radius 1 is 0.711 bits per heavy atom. The number of carbonyl (C=O) groups excluding carboxylic acids is 7. The molecule has 1 aromatic heterocycles. The van der Waals surface area contributed by atoms with Crippen molar-refractivity contribution in [1.82, 2.24) is 56.8 Å². The number of methoxy groups -OCH3 is 1. The first-order chi connectivity index (χ1) is 45.4. The van der Waals surface area contributed by atoms with Crippen LogP contribution < -0.4 is 41.5 Å². The summed E-state index contributed by atoms with van der Waals surface area (Å²) in [6, 6.07) is 7.10. The average Bonchev–Trinajstić information content (AvgIpc) is 1.69. The van der Waals surface area contributed by atoms with Gasteiger partial charge in [-0.3, -0.25) is 38.5 Å². The number of aromatic nitrogens is 2. The lowest BCUT2D eigenvalue weighted by Crippen LogP contribution is -2.64. The Balaban J connectivity index is 0.00000663. The fourth-order valence-electron chi connectivity index (χ4n) is 13.1. The number of nitrogens with zero attached hydrogens (tertiary/aromatic N) is 6. The van der Waals surface area contributed by atoms with Crippen LogP contribution in [-0.2, 0) is 35.2 Å². The van der Waals surface area contributed by atoms with Gasteiger partial charge in [0.05, 0.1) is 63.0 Å². The number of hydrogen-bond donors (Lipinski definition) is 15. The number of fused-ring (bicyclic) bond motifs is 2. The summed E-state index contributed by atoms with van der Waals surface area (Å²) >= 11 is 1.35. The molecule has 534 valence electrons. The lowest BCUT2D eigenvalue weighted by Gasteiger charge is -2.42. The van der Waals surface area contributed by atoms with Crippen LogP contribution in [-0.4, -0.2) is 270 Å². The number of nitrogens with one attached hydrogen (secondary N) is 6. The van der Waals surface area contributed by atoms with Gasteiger partial charge in [-0.1, -0.05) is 43.4 Å². The number of β-amino-alcohol motifs (C(OH)–C–C–N with tert-alkyl or cyclic N) is 1. The van der Waals surface area contributed by atoms with Crippen LogP contribution in [0.5, 0.6) is 11.5 Å². The molecule has 1 saturated carbocycles. The van der Waals surface area contributed by atoms with Gasteiger partial charge in [0, 0.05) is 99.4 Å². The van der Waals surface area contributed by atoms with Gasteiger partial charge in [-0.2, -0.15) is 0 Å². The number of amides is 7. The average molecular weight is 1420 g/mol. The first-order valence-corrected chi connectivity index (χ1v) is 33.3. The summed E-state index contributed by atoms with van der Waals surface area (Å²) in [5.41, 5.74) is 2.93. The first-order valence-electron chi connectivity index (χ1n) is 32.5. The van der Waals surface area contributed by atoms with Crippen LogP contribution in [0.15, 0.2) is 66.7 Å². The number of carbonyl (C=O) groups is 7. The molecule has 1 aliphatic carbocycles. The highest BCUT2D eigenvalue weighted by molar-refractivity contribution is 7.17. The predicted molar refractivity (Wildman–Crippen MR) is 361 cm³/mol. The van der Waals surface area contributed by atoms with Gasteiger partial charge in [-0.05, 0) is 106 Å². The highest BCUT2D eigenvalue weighted by Gasteiger charge is 2.50. The normalized spacial score (nSPS) is 27.5. The van der Waals surface area contributed by atoms with Crippen molar-refractivity contribution in [3.8, 4) is 32.6 Å². The second-order valence-electron chi connectivity index (χ2n) is 25.8. The van der Waals surface area contributed by atoms with E-state index in [-0.39, 0.29) is 67.0 Å². The van der Waals surface area contributed by atoms with Gasteiger partial charge in [0.2, 0.25) is 35.4 Å². The van der Waals surface area contributed by atoms with E-state index in [1.54, 1.807) is 12.1 Å². The number of ether oxygens (including phenoxy) is 1. The third-order valence-corrected chi connectivity index (χ3v) is 19.9. The van der Waals surface area contributed by atoms with E-state index in [0.717, 1.165) is 60.1 Å². The van der Waals surface area contributed by atoms with E-state index in [4.69, 9.17) is 4.74 Å². The maximum Gasteiger partial charge on any atom is 0.251 e. The number of aromatic hydroxyl groups is 1. The molecule has 3 aromatic carbocycles. The zero-order chi connectivity index (χ0) is 68.4. The number of phenolic OH excluding ortho intramolecular Hbond substituents is 1. The number of anilines is 1. The Morgan fingerprint density at radius 2 is 1.32 bits per heavy atom. The zero-order valence-electron chi connectivity index (χ0n) is 54.5. The van der Waals surface area contributed by atoms with Crippen molar-refractivity contribution < 1.29 is 84.3 Å². The minimum Gasteiger partial charge on any atom is -0.504 e. The number of aliphatic hydroxyl groups is 8. The van der Waals surface area contributed by atoms with Crippen LogP contribution in [0, 0.1) is 11.8 Å². The van der Waals surface area contributed by atoms with E-state index >= 15 is 0 Å². The van der Waals surface area contributed by atoms with Crippen LogP contribution in [0.4, 0.5) is 5.69 Å². The van der Waals surface area contributed by atoms with Crippen molar-refractivity contribution in [2.45, 2.75) is 157 Å². The van der Waals surface area contributed by atoms with Gasteiger partial charge in [-0.25, -0.2) is 0 Å². The molecule has 4 aromatic rings. The molecule has 4 aliphatic heterocycles. The molecule has 97 heavy (non-hydrogen) atoms. The Bertz CT molecular complexity index is 3310. The van der Waals surface area contributed by atoms with Gasteiger partial charge < -0.3 is 97.3 Å². The van der Waals surface area contributed by atoms with Gasteiger partial charge in [-0.15, -0.1) is 35.0 Å². The number of phenols is 1. The molecule has 7 amide bonds. The van der Waals surface area contributed by atoms with Crippen molar-refractivity contribution >= 4 is 83.2 Å². The predicted octanol–water partition coefficient (Wildman–Crippen LogP) is -1.59. The van der Waals surface area contributed by atoms with Crippen molar-refractivity contribution in [1.29, 1.82) is 0 Å². The summed E-state index contributed by atoms with van der Waals surface area (Å²) < 4.78 is 5.22. The van der Waals surface area contributed by atoms with Crippen molar-refractivity contribution in [2.24, 2.45) is 11.8 Å². The maximum absolute atomic E-state index is 15.0. The molecule has 4 saturated heterocycles. The molecule has 32 heteroatoms. The Kier molecular flexibility index (Phi) is 28.1. The summed E-state index contributed by atoms with van der Waals surface area (Å²) in [6.07, 6.45) is -7.04. The summed E-state index contributed by atoms with van der Waals surface area (Å²) in [5.74, 6) is -8.00. The van der Waals surface area contributed by atoms with E-state index in [1.165, 1.54) is 81.4 Å². The molecular weight excluding hydrogens is 1320 g/mol. The molecule has 0 unspecified atom stereocenters. The minimum atomic E-state index is -2.07. The molecule has 0 spiro atoms. The van der Waals surface area contributed by atoms with Gasteiger partial charge >= 0.3 is 0 Å². The number of halogens is 2. The molecule has 29 nitrogen and oxygen atoms in total. The largest absolute Gasteiger partial charge is 0.504 e. The molecule has 0 radical (unpaired) electrons. The monoisotopic (exact) mass is 1410 g/mol. The SMILES string of the molecule is COc1cc(C[C@@H](O)[C@@H]2NC(=O)[C@@H]3C[C@@H](O)CN3C(=O)[C@H]([C@@H](C)O)NC(=O)[C@@H](NC(=O)c3ccc(-c4nnc(-c5ccc(N6CCN(C7CCC(C)CC7)CC6)cc5)s4)cc3)C[C@@H](O)CNC(=O)[C@@H]3[C@@H](O)[C@@H](C)CN3C(=O)[C@H]([C@H](O)CCNC(CO)CO)NC2=O)ccc1O.Cl.Cl. The Labute approximate surface area is 578 Å². The Hall–Kier alpha value is -6.91. The third kappa shape index (κ3) is 19.1. The summed E-state index contributed by atoms with van der Waals surface area (Å²) in [7, 11) is 1.27. The highest BCUT2D eigenvalue weighted by Crippen LogP contribution is 2.34. The number of hydrogen-bond acceptors (Lipinski definition) is 23. The molecule has 9 rings (SSSR count). The van der Waals surface area contributed by atoms with Crippen LogP contribution in [0.25, 0.3) is 21.1 Å². The summed E-state index contributed by atoms with van der Waals surface area (Å²) in [6.45, 7) is 6.22. The number of rotatable bonds is 18. The standard InChI is InChI=1S/C65H90N12O17S.2ClH/c1-34-5-14-42(15-6-34)74-21-23-75(24-22-74)43-16-12-40(13-17-43)63-73-72-62(95-63)39-10-8-38(9-11-39)57(87)68-46-27-44(81)29-67-61(91)55-56(86)35(2)30-77(55)65(93)54(49(84)19-20-66-41(32-78)33-79)71-60(90)53(50(85)25-37-7-18-48(83)51(26-37)94-4)70-59(89)47-28-45(82)31-76(47)64(92)52(36(3)80)69-58(46)88;;/h7-13,16-18,26,34-36,41-42,44-47,49-50,52-56,66,78-86H,5-6,14-15,19-25,27-33H2,1-4H3,(H,67,91)(H,68,87)(H,69,88)(H,70,89)(H,71,90);2*1H/t34?,35-,36+,42?,44+,45+,46-,47-,49+,50+,52-,53-,54-,55-,56-;;/m0../s1. The van der Waals surface area contributed by atoms with Crippen LogP contribution in [0.2, 0.25) is 0 Å². The van der Waals surface area contributed by atoms with Gasteiger partial charge in [0.15, 0.2) is 11.5 Å². The highest BCUT2D eigenvalue weighted by atomic mass is 35.5. The molecular formula is C65H92Cl2N12O17S. The Morgan fingerprint density at radius 3 is 1.94 bits per heavy atom. The van der Waals surface area contributed by atoms with Gasteiger partial charge in [0.1, 0.15) is 46.3 Å². The molecule has 5 fully saturated rings. The molecule has 0 bridgehead atoms. The second kappa shape index (κ2) is 35.2. The molecule has 15 N–H and O–H groups in total. The van der Waals surface area contributed by atoms with Crippen molar-refractivity contribution in [3.05, 3.63) is 77.9 Å². The quantitative estimate of drug-likeness (QED) is 0.0534. The van der Waals surface area contributed by atoms with Crippen LogP contribution in [0.3, 0.4) is 0 Å². The van der Waals surface area contributed by atoms with E-state index < -0.39 is 172 Å². The number of aliphatic hydroxyl groups excluding tert-OH is 8. The van der Waals surface area contributed by atoms with E-state index in [0.29, 0.717) is 21.6 Å². The van der Waals surface area contributed by atoms with Crippen LogP contribution in [0.1, 0.15) is 81.6 Å². The second-order valence-corrected chi connectivity index (χ2v) is 26.8.